The second kappa shape index (κ2) is 8.46. The van der Waals surface area contributed by atoms with E-state index in [0.717, 1.165) is 17.7 Å². The number of carbonyl (C=O) groups is 1. The topological polar surface area (TPSA) is 32.3 Å². The van der Waals surface area contributed by atoms with Crippen molar-refractivity contribution in [3.63, 3.8) is 0 Å². The van der Waals surface area contributed by atoms with Crippen molar-refractivity contribution in [3.8, 4) is 0 Å². The van der Waals surface area contributed by atoms with Crippen LogP contribution in [0.1, 0.15) is 29.5 Å². The Balaban J connectivity index is 1.45. The predicted molar refractivity (Wildman–Crippen MR) is 98.3 cm³/mol. The standard InChI is InChI=1S/C21H24N2O/c24-21(13-12-18-6-2-1-3-7-18)22-16-19-8-10-20(11-9-19)17-23-14-4-5-15-23/h1-3,6-13H,4-5,14-17H2,(H,22,24)/b13-12+. The highest BCUT2D eigenvalue weighted by molar-refractivity contribution is 5.91. The van der Waals surface area contributed by atoms with Gasteiger partial charge in [0.25, 0.3) is 0 Å². The van der Waals surface area contributed by atoms with E-state index in [1.54, 1.807) is 6.08 Å². The molecule has 2 aromatic rings. The Morgan fingerprint density at radius 3 is 2.33 bits per heavy atom. The Hall–Kier alpha value is -2.39. The lowest BCUT2D eigenvalue weighted by Crippen LogP contribution is -2.20. The number of hydrogen-bond donors (Lipinski definition) is 1. The normalized spacial score (nSPS) is 15.0. The predicted octanol–water partition coefficient (Wildman–Crippen LogP) is 3.61. The van der Waals surface area contributed by atoms with Gasteiger partial charge in [-0.05, 0) is 48.7 Å². The maximum Gasteiger partial charge on any atom is 0.244 e. The van der Waals surface area contributed by atoms with E-state index in [0.29, 0.717) is 6.54 Å². The van der Waals surface area contributed by atoms with Crippen LogP contribution in [-0.2, 0) is 17.9 Å². The number of nitrogens with one attached hydrogen (secondary N) is 1. The fourth-order valence-electron chi connectivity index (χ4n) is 2.95. The molecule has 0 aromatic heterocycles. The first-order chi connectivity index (χ1) is 11.8. The Bertz CT molecular complexity index is 671. The lowest BCUT2D eigenvalue weighted by molar-refractivity contribution is -0.116. The minimum Gasteiger partial charge on any atom is -0.348 e. The lowest BCUT2D eigenvalue weighted by atomic mass is 10.1. The molecule has 0 radical (unpaired) electrons. The molecule has 2 aromatic carbocycles. The maximum atomic E-state index is 11.9. The molecule has 1 fully saturated rings. The molecule has 0 aliphatic carbocycles. The van der Waals surface area contributed by atoms with E-state index in [-0.39, 0.29) is 5.91 Å². The molecule has 3 heteroatoms. The van der Waals surface area contributed by atoms with E-state index in [4.69, 9.17) is 0 Å². The van der Waals surface area contributed by atoms with Crippen LogP contribution < -0.4 is 5.32 Å². The van der Waals surface area contributed by atoms with Gasteiger partial charge < -0.3 is 5.32 Å². The third kappa shape index (κ3) is 5.07. The summed E-state index contributed by atoms with van der Waals surface area (Å²) in [7, 11) is 0. The van der Waals surface area contributed by atoms with Gasteiger partial charge in [0, 0.05) is 19.2 Å². The summed E-state index contributed by atoms with van der Waals surface area (Å²) in [5.74, 6) is -0.0694. The highest BCUT2D eigenvalue weighted by Crippen LogP contribution is 2.13. The van der Waals surface area contributed by atoms with Crippen LogP contribution in [-0.4, -0.2) is 23.9 Å². The number of carbonyl (C=O) groups excluding carboxylic acids is 1. The van der Waals surface area contributed by atoms with Crippen molar-refractivity contribution in [2.24, 2.45) is 0 Å². The average molecular weight is 320 g/mol. The molecule has 1 heterocycles. The van der Waals surface area contributed by atoms with Gasteiger partial charge in [-0.3, -0.25) is 9.69 Å². The smallest absolute Gasteiger partial charge is 0.244 e. The summed E-state index contributed by atoms with van der Waals surface area (Å²) in [6, 6.07) is 18.4. The fourth-order valence-corrected chi connectivity index (χ4v) is 2.95. The van der Waals surface area contributed by atoms with E-state index in [1.807, 2.05) is 36.4 Å². The van der Waals surface area contributed by atoms with Gasteiger partial charge in [0.15, 0.2) is 0 Å². The van der Waals surface area contributed by atoms with Crippen LogP contribution in [0.4, 0.5) is 0 Å². The summed E-state index contributed by atoms with van der Waals surface area (Å²) in [5.41, 5.74) is 3.50. The minimum atomic E-state index is -0.0694. The molecule has 0 saturated carbocycles. The zero-order valence-corrected chi connectivity index (χ0v) is 13.9. The van der Waals surface area contributed by atoms with Crippen molar-refractivity contribution >= 4 is 12.0 Å². The molecular weight excluding hydrogens is 296 g/mol. The zero-order chi connectivity index (χ0) is 16.6. The van der Waals surface area contributed by atoms with E-state index in [9.17, 15) is 4.79 Å². The first-order valence-electron chi connectivity index (χ1n) is 8.61. The van der Waals surface area contributed by atoms with Crippen molar-refractivity contribution in [2.75, 3.05) is 13.1 Å². The van der Waals surface area contributed by atoms with Crippen molar-refractivity contribution in [2.45, 2.75) is 25.9 Å². The largest absolute Gasteiger partial charge is 0.348 e. The molecule has 3 nitrogen and oxygen atoms in total. The van der Waals surface area contributed by atoms with Crippen LogP contribution in [0.5, 0.6) is 0 Å². The second-order valence-electron chi connectivity index (χ2n) is 6.26. The average Bonchev–Trinajstić information content (AvgIpc) is 3.13. The van der Waals surface area contributed by atoms with E-state index in [2.05, 4.69) is 34.5 Å². The van der Waals surface area contributed by atoms with Gasteiger partial charge in [-0.25, -0.2) is 0 Å². The Kier molecular flexibility index (Phi) is 5.80. The van der Waals surface area contributed by atoms with Gasteiger partial charge in [-0.1, -0.05) is 54.6 Å². The van der Waals surface area contributed by atoms with Crippen LogP contribution in [0.2, 0.25) is 0 Å². The number of rotatable bonds is 6. The molecule has 1 aliphatic rings. The SMILES string of the molecule is O=C(/C=C/c1ccccc1)NCc1ccc(CN2CCCC2)cc1. The van der Waals surface area contributed by atoms with Crippen LogP contribution in [0.25, 0.3) is 6.08 Å². The third-order valence-electron chi connectivity index (χ3n) is 4.32. The quantitative estimate of drug-likeness (QED) is 0.825. The summed E-state index contributed by atoms with van der Waals surface area (Å²) in [6.07, 6.45) is 6.05. The van der Waals surface area contributed by atoms with Gasteiger partial charge in [-0.2, -0.15) is 0 Å². The van der Waals surface area contributed by atoms with Crippen molar-refractivity contribution in [3.05, 3.63) is 77.4 Å². The number of amides is 1. The number of nitrogens with zero attached hydrogens (tertiary/aromatic N) is 1. The summed E-state index contributed by atoms with van der Waals surface area (Å²) in [5, 5.41) is 2.93. The van der Waals surface area contributed by atoms with Gasteiger partial charge in [-0.15, -0.1) is 0 Å². The molecule has 1 amide bonds. The van der Waals surface area contributed by atoms with Gasteiger partial charge >= 0.3 is 0 Å². The lowest BCUT2D eigenvalue weighted by Gasteiger charge is -2.14. The number of benzene rings is 2. The Morgan fingerprint density at radius 2 is 1.62 bits per heavy atom. The minimum absolute atomic E-state index is 0.0694. The number of likely N-dealkylation sites (tertiary alicyclic amines) is 1. The highest BCUT2D eigenvalue weighted by Gasteiger charge is 2.11. The third-order valence-corrected chi connectivity index (χ3v) is 4.32. The second-order valence-corrected chi connectivity index (χ2v) is 6.26. The zero-order valence-electron chi connectivity index (χ0n) is 13.9. The van der Waals surface area contributed by atoms with Crippen molar-refractivity contribution in [1.29, 1.82) is 0 Å². The van der Waals surface area contributed by atoms with Gasteiger partial charge in [0.05, 0.1) is 0 Å². The molecule has 0 spiro atoms. The molecular formula is C21H24N2O. The van der Waals surface area contributed by atoms with Crippen LogP contribution in [0, 0.1) is 0 Å². The summed E-state index contributed by atoms with van der Waals surface area (Å²) in [4.78, 5) is 14.4. The Labute approximate surface area is 144 Å². The van der Waals surface area contributed by atoms with Crippen LogP contribution in [0.15, 0.2) is 60.7 Å². The molecule has 24 heavy (non-hydrogen) atoms. The maximum absolute atomic E-state index is 11.9. The summed E-state index contributed by atoms with van der Waals surface area (Å²) in [6.45, 7) is 4.02. The van der Waals surface area contributed by atoms with Crippen molar-refractivity contribution < 1.29 is 4.79 Å². The summed E-state index contributed by atoms with van der Waals surface area (Å²) < 4.78 is 0. The molecule has 0 unspecified atom stereocenters. The molecule has 124 valence electrons. The molecule has 0 bridgehead atoms. The van der Waals surface area contributed by atoms with Crippen molar-refractivity contribution in [1.82, 2.24) is 10.2 Å². The van der Waals surface area contributed by atoms with Gasteiger partial charge in [0.1, 0.15) is 0 Å². The first kappa shape index (κ1) is 16.5. The monoisotopic (exact) mass is 320 g/mol. The molecule has 3 rings (SSSR count). The van der Waals surface area contributed by atoms with Crippen LogP contribution >= 0.6 is 0 Å². The summed E-state index contributed by atoms with van der Waals surface area (Å²) >= 11 is 0. The highest BCUT2D eigenvalue weighted by atomic mass is 16.1. The van der Waals surface area contributed by atoms with Gasteiger partial charge in [0.2, 0.25) is 5.91 Å². The van der Waals surface area contributed by atoms with E-state index in [1.165, 1.54) is 31.5 Å². The molecule has 1 aliphatic heterocycles. The fraction of sp³-hybridized carbons (Fsp3) is 0.286. The van der Waals surface area contributed by atoms with Crippen LogP contribution in [0.3, 0.4) is 0 Å². The Morgan fingerprint density at radius 1 is 0.958 bits per heavy atom. The molecule has 1 saturated heterocycles. The molecule has 1 N–H and O–H groups in total. The number of hydrogen-bond acceptors (Lipinski definition) is 2. The molecule has 0 atom stereocenters. The first-order valence-corrected chi connectivity index (χ1v) is 8.61. The van der Waals surface area contributed by atoms with E-state index >= 15 is 0 Å². The van der Waals surface area contributed by atoms with E-state index < -0.39 is 0 Å².